The maximum atomic E-state index is 11.2. The molecule has 0 radical (unpaired) electrons. The van der Waals surface area contributed by atoms with Crippen molar-refractivity contribution >= 4 is 17.2 Å². The fourth-order valence-corrected chi connectivity index (χ4v) is 4.98. The van der Waals surface area contributed by atoms with E-state index in [1.807, 2.05) is 11.3 Å². The number of carbonyl (C=O) groups excluding carboxylic acids is 1. The second-order valence-electron chi connectivity index (χ2n) is 6.64. The first kappa shape index (κ1) is 15.0. The zero-order valence-corrected chi connectivity index (χ0v) is 13.7. The summed E-state index contributed by atoms with van der Waals surface area (Å²) in [4.78, 5) is 14.3. The molecular weight excluding hydrogens is 280 g/mol. The number of amides is 1. The molecule has 1 saturated carbocycles. The minimum Gasteiger partial charge on any atom is -0.369 e. The molecule has 1 fully saturated rings. The number of fused-ring (bicyclic) bond motifs is 1. The van der Waals surface area contributed by atoms with Crippen molar-refractivity contribution in [2.75, 3.05) is 0 Å². The van der Waals surface area contributed by atoms with Crippen molar-refractivity contribution in [3.8, 4) is 0 Å². The highest BCUT2D eigenvalue weighted by Crippen LogP contribution is 2.34. The van der Waals surface area contributed by atoms with Gasteiger partial charge in [-0.05, 0) is 69.9 Å². The molecule has 1 aromatic rings. The second-order valence-corrected chi connectivity index (χ2v) is 7.81. The molecule has 1 unspecified atom stereocenters. The van der Waals surface area contributed by atoms with E-state index < -0.39 is 0 Å². The van der Waals surface area contributed by atoms with Gasteiger partial charge in [-0.3, -0.25) is 4.79 Å². The molecule has 1 amide bonds. The summed E-state index contributed by atoms with van der Waals surface area (Å²) in [5.41, 5.74) is 6.99. The van der Waals surface area contributed by atoms with Crippen LogP contribution in [0.15, 0.2) is 6.07 Å². The minimum absolute atomic E-state index is 0.104. The Bertz CT molecular complexity index is 479. The second kappa shape index (κ2) is 6.49. The van der Waals surface area contributed by atoms with Gasteiger partial charge in [0.05, 0.1) is 0 Å². The van der Waals surface area contributed by atoms with Crippen LogP contribution in [0.4, 0.5) is 0 Å². The van der Waals surface area contributed by atoms with Gasteiger partial charge in [0.1, 0.15) is 0 Å². The summed E-state index contributed by atoms with van der Waals surface area (Å²) in [6, 6.07) is 3.39. The third-order valence-corrected chi connectivity index (χ3v) is 6.48. The summed E-state index contributed by atoms with van der Waals surface area (Å²) in [5.74, 6) is -0.0140. The number of thiophene rings is 1. The Morgan fingerprint density at radius 2 is 2.00 bits per heavy atom. The van der Waals surface area contributed by atoms with Crippen LogP contribution in [0, 0.1) is 5.92 Å². The molecule has 4 heteroatoms. The van der Waals surface area contributed by atoms with Crippen LogP contribution in [0.2, 0.25) is 0 Å². The molecule has 116 valence electrons. The van der Waals surface area contributed by atoms with E-state index >= 15 is 0 Å². The van der Waals surface area contributed by atoms with Gasteiger partial charge >= 0.3 is 0 Å². The normalized spacial score (nSPS) is 27.1. The summed E-state index contributed by atoms with van der Waals surface area (Å²) in [6.45, 7) is 2.28. The van der Waals surface area contributed by atoms with Gasteiger partial charge in [-0.1, -0.05) is 0 Å². The van der Waals surface area contributed by atoms with Gasteiger partial charge in [-0.2, -0.15) is 0 Å². The molecule has 0 spiro atoms. The number of nitrogens with two attached hydrogens (primary N) is 1. The van der Waals surface area contributed by atoms with E-state index in [4.69, 9.17) is 5.73 Å². The Balaban J connectivity index is 1.56. The SMILES string of the molecule is CC(NC1CCC(C(N)=O)CC1)c1cc2c(s1)CCCC2. The van der Waals surface area contributed by atoms with Crippen LogP contribution in [0.3, 0.4) is 0 Å². The number of primary amides is 1. The molecular formula is C17H26N2OS. The molecule has 2 aliphatic carbocycles. The lowest BCUT2D eigenvalue weighted by Crippen LogP contribution is -2.37. The molecule has 0 bridgehead atoms. The monoisotopic (exact) mass is 306 g/mol. The first-order valence-corrected chi connectivity index (χ1v) is 9.12. The van der Waals surface area contributed by atoms with Crippen molar-refractivity contribution in [3.05, 3.63) is 21.4 Å². The van der Waals surface area contributed by atoms with Crippen LogP contribution in [0.1, 0.15) is 66.8 Å². The van der Waals surface area contributed by atoms with E-state index in [2.05, 4.69) is 18.3 Å². The Labute approximate surface area is 131 Å². The lowest BCUT2D eigenvalue weighted by atomic mass is 9.85. The number of carbonyl (C=O) groups is 1. The summed E-state index contributed by atoms with van der Waals surface area (Å²) in [7, 11) is 0. The van der Waals surface area contributed by atoms with E-state index in [1.165, 1.54) is 30.6 Å². The van der Waals surface area contributed by atoms with Crippen molar-refractivity contribution in [3.63, 3.8) is 0 Å². The van der Waals surface area contributed by atoms with E-state index in [-0.39, 0.29) is 11.8 Å². The van der Waals surface area contributed by atoms with Gasteiger partial charge in [-0.15, -0.1) is 11.3 Å². The van der Waals surface area contributed by atoms with Crippen molar-refractivity contribution in [1.82, 2.24) is 5.32 Å². The Morgan fingerprint density at radius 1 is 1.29 bits per heavy atom. The molecule has 3 nitrogen and oxygen atoms in total. The fraction of sp³-hybridized carbons (Fsp3) is 0.706. The lowest BCUT2D eigenvalue weighted by Gasteiger charge is -2.29. The predicted molar refractivity (Wildman–Crippen MR) is 87.5 cm³/mol. The quantitative estimate of drug-likeness (QED) is 0.896. The summed E-state index contributed by atoms with van der Waals surface area (Å²) in [6.07, 6.45) is 9.28. The predicted octanol–water partition coefficient (Wildman–Crippen LogP) is 3.32. The van der Waals surface area contributed by atoms with Gasteiger partial charge in [-0.25, -0.2) is 0 Å². The average molecular weight is 306 g/mol. The highest BCUT2D eigenvalue weighted by molar-refractivity contribution is 7.12. The Kier molecular flexibility index (Phi) is 4.65. The van der Waals surface area contributed by atoms with E-state index in [9.17, 15) is 4.79 Å². The zero-order valence-electron chi connectivity index (χ0n) is 12.9. The topological polar surface area (TPSA) is 55.1 Å². The minimum atomic E-state index is -0.118. The molecule has 3 rings (SSSR count). The van der Waals surface area contributed by atoms with Crippen LogP contribution >= 0.6 is 11.3 Å². The summed E-state index contributed by atoms with van der Waals surface area (Å²) in [5, 5.41) is 3.76. The van der Waals surface area contributed by atoms with Crippen molar-refractivity contribution in [1.29, 1.82) is 0 Å². The highest BCUT2D eigenvalue weighted by atomic mass is 32.1. The number of rotatable bonds is 4. The molecule has 3 N–H and O–H groups in total. The first-order valence-electron chi connectivity index (χ1n) is 8.30. The van der Waals surface area contributed by atoms with Gasteiger partial charge in [0, 0.05) is 27.8 Å². The molecule has 1 aromatic heterocycles. The summed E-state index contributed by atoms with van der Waals surface area (Å²) < 4.78 is 0. The molecule has 0 aromatic carbocycles. The van der Waals surface area contributed by atoms with Crippen LogP contribution in [0.25, 0.3) is 0 Å². The molecule has 0 aliphatic heterocycles. The van der Waals surface area contributed by atoms with Gasteiger partial charge in [0.25, 0.3) is 0 Å². The lowest BCUT2D eigenvalue weighted by molar-refractivity contribution is -0.122. The third kappa shape index (κ3) is 3.49. The van der Waals surface area contributed by atoms with Gasteiger partial charge < -0.3 is 11.1 Å². The van der Waals surface area contributed by atoms with E-state index in [0.717, 1.165) is 25.7 Å². The van der Waals surface area contributed by atoms with Gasteiger partial charge in [0.15, 0.2) is 0 Å². The number of hydrogen-bond donors (Lipinski definition) is 2. The maximum Gasteiger partial charge on any atom is 0.220 e. The number of hydrogen-bond acceptors (Lipinski definition) is 3. The van der Waals surface area contributed by atoms with Crippen LogP contribution in [0.5, 0.6) is 0 Å². The van der Waals surface area contributed by atoms with Crippen molar-refractivity contribution < 1.29 is 4.79 Å². The van der Waals surface area contributed by atoms with Crippen LogP contribution in [-0.2, 0) is 17.6 Å². The molecule has 0 saturated heterocycles. The number of nitrogens with one attached hydrogen (secondary N) is 1. The smallest absolute Gasteiger partial charge is 0.220 e. The highest BCUT2D eigenvalue weighted by Gasteiger charge is 2.26. The third-order valence-electron chi connectivity index (χ3n) is 5.06. The standard InChI is InChI=1S/C17H26N2OS/c1-11(16-10-13-4-2-3-5-15(13)21-16)19-14-8-6-12(7-9-14)17(18)20/h10-12,14,19H,2-9H2,1H3,(H2,18,20). The Morgan fingerprint density at radius 3 is 2.67 bits per heavy atom. The van der Waals surface area contributed by atoms with Crippen molar-refractivity contribution in [2.24, 2.45) is 11.7 Å². The molecule has 1 heterocycles. The molecule has 1 atom stereocenters. The largest absolute Gasteiger partial charge is 0.369 e. The van der Waals surface area contributed by atoms with Crippen LogP contribution in [-0.4, -0.2) is 11.9 Å². The van der Waals surface area contributed by atoms with E-state index in [0.29, 0.717) is 12.1 Å². The maximum absolute atomic E-state index is 11.2. The molecule has 2 aliphatic rings. The zero-order chi connectivity index (χ0) is 14.8. The van der Waals surface area contributed by atoms with Gasteiger partial charge in [0.2, 0.25) is 5.91 Å². The molecule has 21 heavy (non-hydrogen) atoms. The number of aryl methyl sites for hydroxylation is 2. The van der Waals surface area contributed by atoms with Crippen molar-refractivity contribution in [2.45, 2.75) is 70.4 Å². The Hall–Kier alpha value is -0.870. The van der Waals surface area contributed by atoms with E-state index in [1.54, 1.807) is 10.4 Å². The van der Waals surface area contributed by atoms with Crippen LogP contribution < -0.4 is 11.1 Å². The first-order chi connectivity index (χ1) is 10.1. The average Bonchev–Trinajstić information content (AvgIpc) is 2.92. The fourth-order valence-electron chi connectivity index (χ4n) is 3.71. The summed E-state index contributed by atoms with van der Waals surface area (Å²) >= 11 is 2.00.